The van der Waals surface area contributed by atoms with Crippen LogP contribution in [-0.4, -0.2) is 12.7 Å². The smallest absolute Gasteiger partial charge is 0.0576 e. The van der Waals surface area contributed by atoms with E-state index in [-0.39, 0.29) is 6.04 Å². The van der Waals surface area contributed by atoms with E-state index in [0.717, 1.165) is 36.5 Å². The van der Waals surface area contributed by atoms with Gasteiger partial charge in [0.2, 0.25) is 0 Å². The number of rotatable bonds is 6. The minimum atomic E-state index is 0.171. The van der Waals surface area contributed by atoms with Crippen LogP contribution in [-0.2, 0) is 4.74 Å². The summed E-state index contributed by atoms with van der Waals surface area (Å²) in [6.07, 6.45) is 6.12. The normalized spacial score (nSPS) is 21.1. The van der Waals surface area contributed by atoms with Crippen molar-refractivity contribution in [2.45, 2.75) is 44.2 Å². The molecule has 0 spiro atoms. The summed E-state index contributed by atoms with van der Waals surface area (Å²) in [6, 6.07) is 8.04. The molecule has 2 atom stereocenters. The highest BCUT2D eigenvalue weighted by atomic mass is 35.5. The summed E-state index contributed by atoms with van der Waals surface area (Å²) in [5.41, 5.74) is 4.02. The molecule has 0 aliphatic carbocycles. The van der Waals surface area contributed by atoms with Gasteiger partial charge in [0.25, 0.3) is 0 Å². The van der Waals surface area contributed by atoms with Crippen LogP contribution in [0.15, 0.2) is 24.3 Å². The Morgan fingerprint density at radius 2 is 2.39 bits per heavy atom. The number of hydrogen-bond donors (Lipinski definition) is 2. The molecule has 1 aliphatic rings. The van der Waals surface area contributed by atoms with E-state index in [1.807, 2.05) is 18.2 Å². The maximum Gasteiger partial charge on any atom is 0.0576 e. The number of hydrogen-bond acceptors (Lipinski definition) is 3. The van der Waals surface area contributed by atoms with Crippen molar-refractivity contribution in [3.8, 4) is 0 Å². The lowest BCUT2D eigenvalue weighted by molar-refractivity contribution is 0.101. The van der Waals surface area contributed by atoms with E-state index >= 15 is 0 Å². The zero-order chi connectivity index (χ0) is 12.8. The molecule has 1 aliphatic heterocycles. The topological polar surface area (TPSA) is 47.3 Å². The molecule has 1 fully saturated rings. The fourth-order valence-corrected chi connectivity index (χ4v) is 2.69. The van der Waals surface area contributed by atoms with Crippen LogP contribution in [0.25, 0.3) is 0 Å². The van der Waals surface area contributed by atoms with Gasteiger partial charge in [-0.05, 0) is 49.8 Å². The molecule has 0 saturated carbocycles. The van der Waals surface area contributed by atoms with Crippen LogP contribution < -0.4 is 11.3 Å². The first-order chi connectivity index (χ1) is 8.79. The van der Waals surface area contributed by atoms with Gasteiger partial charge in [-0.15, -0.1) is 0 Å². The minimum Gasteiger partial charge on any atom is -0.378 e. The third kappa shape index (κ3) is 3.95. The molecule has 0 amide bonds. The van der Waals surface area contributed by atoms with Gasteiger partial charge >= 0.3 is 0 Å². The van der Waals surface area contributed by atoms with E-state index < -0.39 is 0 Å². The zero-order valence-electron chi connectivity index (χ0n) is 10.6. The van der Waals surface area contributed by atoms with Crippen molar-refractivity contribution in [2.75, 3.05) is 6.61 Å². The van der Waals surface area contributed by atoms with Crippen LogP contribution in [0, 0.1) is 0 Å². The van der Waals surface area contributed by atoms with Crippen LogP contribution in [0.3, 0.4) is 0 Å². The molecule has 1 saturated heterocycles. The zero-order valence-corrected chi connectivity index (χ0v) is 11.3. The third-order valence-corrected chi connectivity index (χ3v) is 3.73. The maximum absolute atomic E-state index is 5.99. The van der Waals surface area contributed by atoms with E-state index in [1.165, 1.54) is 12.8 Å². The third-order valence-electron chi connectivity index (χ3n) is 3.50. The number of nitrogens with two attached hydrogens (primary N) is 1. The molecular weight excluding hydrogens is 248 g/mol. The molecule has 0 bridgehead atoms. The molecule has 100 valence electrons. The molecule has 18 heavy (non-hydrogen) atoms. The summed E-state index contributed by atoms with van der Waals surface area (Å²) in [5, 5.41) is 0.756. The molecule has 1 aromatic rings. The molecule has 2 rings (SSSR count). The Bertz CT molecular complexity index is 367. The maximum atomic E-state index is 5.99. The molecule has 2 unspecified atom stereocenters. The Labute approximate surface area is 114 Å². The summed E-state index contributed by atoms with van der Waals surface area (Å²) in [7, 11) is 0. The SMILES string of the molecule is NNC(CCCC1CCCO1)c1cccc(Cl)c1. The first-order valence-electron chi connectivity index (χ1n) is 6.63. The number of ether oxygens (including phenoxy) is 1. The largest absolute Gasteiger partial charge is 0.378 e. The predicted molar refractivity (Wildman–Crippen MR) is 74.3 cm³/mol. The van der Waals surface area contributed by atoms with Crippen molar-refractivity contribution < 1.29 is 4.74 Å². The second kappa shape index (κ2) is 7.10. The lowest BCUT2D eigenvalue weighted by Crippen LogP contribution is -2.28. The monoisotopic (exact) mass is 268 g/mol. The number of benzene rings is 1. The Kier molecular flexibility index (Phi) is 5.45. The molecule has 4 heteroatoms. The summed E-state index contributed by atoms with van der Waals surface area (Å²) in [4.78, 5) is 0. The van der Waals surface area contributed by atoms with Crippen molar-refractivity contribution in [2.24, 2.45) is 5.84 Å². The first kappa shape index (κ1) is 13.8. The highest BCUT2D eigenvalue weighted by Gasteiger charge is 2.16. The molecule has 1 heterocycles. The van der Waals surface area contributed by atoms with Gasteiger partial charge in [-0.3, -0.25) is 11.3 Å². The summed E-state index contributed by atoms with van der Waals surface area (Å²) >= 11 is 5.99. The van der Waals surface area contributed by atoms with E-state index in [1.54, 1.807) is 0 Å². The Balaban J connectivity index is 1.81. The van der Waals surface area contributed by atoms with E-state index in [2.05, 4.69) is 11.5 Å². The molecule has 1 aromatic carbocycles. The Morgan fingerprint density at radius 3 is 3.06 bits per heavy atom. The van der Waals surface area contributed by atoms with Crippen LogP contribution in [0.5, 0.6) is 0 Å². The van der Waals surface area contributed by atoms with E-state index in [4.69, 9.17) is 22.2 Å². The van der Waals surface area contributed by atoms with Gasteiger partial charge in [-0.25, -0.2) is 0 Å². The average molecular weight is 269 g/mol. The average Bonchev–Trinajstić information content (AvgIpc) is 2.88. The van der Waals surface area contributed by atoms with Crippen molar-refractivity contribution in [1.29, 1.82) is 0 Å². The van der Waals surface area contributed by atoms with Gasteiger partial charge in [0.15, 0.2) is 0 Å². The molecular formula is C14H21ClN2O. The Morgan fingerprint density at radius 1 is 1.50 bits per heavy atom. The Hall–Kier alpha value is -0.610. The van der Waals surface area contributed by atoms with Crippen molar-refractivity contribution >= 4 is 11.6 Å². The summed E-state index contributed by atoms with van der Waals surface area (Å²) in [6.45, 7) is 0.928. The van der Waals surface area contributed by atoms with Gasteiger partial charge in [0.1, 0.15) is 0 Å². The van der Waals surface area contributed by atoms with Crippen LogP contribution in [0.2, 0.25) is 5.02 Å². The van der Waals surface area contributed by atoms with Crippen molar-refractivity contribution in [3.05, 3.63) is 34.9 Å². The fraction of sp³-hybridized carbons (Fsp3) is 0.571. The summed E-state index contributed by atoms with van der Waals surface area (Å²) < 4.78 is 5.62. The molecule has 0 aromatic heterocycles. The van der Waals surface area contributed by atoms with Crippen molar-refractivity contribution in [1.82, 2.24) is 5.43 Å². The van der Waals surface area contributed by atoms with Crippen LogP contribution >= 0.6 is 11.6 Å². The van der Waals surface area contributed by atoms with Gasteiger partial charge in [0.05, 0.1) is 6.10 Å². The highest BCUT2D eigenvalue weighted by molar-refractivity contribution is 6.30. The van der Waals surface area contributed by atoms with Crippen molar-refractivity contribution in [3.63, 3.8) is 0 Å². The first-order valence-corrected chi connectivity index (χ1v) is 7.00. The number of halogens is 1. The van der Waals surface area contributed by atoms with E-state index in [0.29, 0.717) is 6.10 Å². The van der Waals surface area contributed by atoms with Gasteiger partial charge < -0.3 is 4.74 Å². The standard InChI is InChI=1S/C14H21ClN2O/c15-12-5-1-4-11(10-12)14(17-16)8-2-6-13-7-3-9-18-13/h1,4-5,10,13-14,17H,2-3,6-9,16H2. The minimum absolute atomic E-state index is 0.171. The fourth-order valence-electron chi connectivity index (χ4n) is 2.49. The predicted octanol–water partition coefficient (Wildman–Crippen LogP) is 3.19. The lowest BCUT2D eigenvalue weighted by Gasteiger charge is -2.17. The van der Waals surface area contributed by atoms with Gasteiger partial charge in [-0.2, -0.15) is 0 Å². The molecule has 3 N–H and O–H groups in total. The lowest BCUT2D eigenvalue weighted by atomic mass is 10.00. The number of nitrogens with one attached hydrogen (secondary N) is 1. The second-order valence-electron chi connectivity index (χ2n) is 4.84. The van der Waals surface area contributed by atoms with Gasteiger partial charge in [0, 0.05) is 17.7 Å². The summed E-state index contributed by atoms with van der Waals surface area (Å²) in [5.74, 6) is 5.62. The second-order valence-corrected chi connectivity index (χ2v) is 5.28. The molecule has 3 nitrogen and oxygen atoms in total. The van der Waals surface area contributed by atoms with E-state index in [9.17, 15) is 0 Å². The molecule has 0 radical (unpaired) electrons. The van der Waals surface area contributed by atoms with Gasteiger partial charge in [-0.1, -0.05) is 23.7 Å². The van der Waals surface area contributed by atoms with Crippen LogP contribution in [0.1, 0.15) is 43.7 Å². The highest BCUT2D eigenvalue weighted by Crippen LogP contribution is 2.24. The van der Waals surface area contributed by atoms with Crippen LogP contribution in [0.4, 0.5) is 0 Å². The quantitative estimate of drug-likeness (QED) is 0.615. The number of hydrazine groups is 1.